The summed E-state index contributed by atoms with van der Waals surface area (Å²) in [5, 5.41) is 6.64. The van der Waals surface area contributed by atoms with Crippen LogP contribution in [0.25, 0.3) is 0 Å². The Labute approximate surface area is 117 Å². The summed E-state index contributed by atoms with van der Waals surface area (Å²) in [4.78, 5) is 0. The molecule has 2 aromatic carbocycles. The summed E-state index contributed by atoms with van der Waals surface area (Å²) in [6.07, 6.45) is 0. The van der Waals surface area contributed by atoms with Gasteiger partial charge in [0.25, 0.3) is 0 Å². The third-order valence-corrected chi connectivity index (χ3v) is 2.88. The summed E-state index contributed by atoms with van der Waals surface area (Å²) in [7, 11) is 0. The van der Waals surface area contributed by atoms with Gasteiger partial charge >= 0.3 is 0 Å². The first-order valence-electron chi connectivity index (χ1n) is 5.99. The fourth-order valence-electron chi connectivity index (χ4n) is 1.71. The topological polar surface area (TPSA) is 24.1 Å². The van der Waals surface area contributed by atoms with Crippen LogP contribution >= 0.6 is 12.2 Å². The highest BCUT2D eigenvalue weighted by Crippen LogP contribution is 2.08. The first kappa shape index (κ1) is 13.5. The third-order valence-electron chi connectivity index (χ3n) is 2.64. The summed E-state index contributed by atoms with van der Waals surface area (Å²) in [6, 6.07) is 14.3. The summed E-state index contributed by atoms with van der Waals surface area (Å²) < 4.78 is 12.8. The van der Waals surface area contributed by atoms with E-state index >= 15 is 0 Å². The lowest BCUT2D eigenvalue weighted by molar-refractivity contribution is 0.628. The lowest BCUT2D eigenvalue weighted by Crippen LogP contribution is -2.27. The summed E-state index contributed by atoms with van der Waals surface area (Å²) >= 11 is 5.18. The number of rotatable bonds is 3. The maximum atomic E-state index is 12.8. The van der Waals surface area contributed by atoms with Crippen molar-refractivity contribution in [1.29, 1.82) is 0 Å². The predicted molar refractivity (Wildman–Crippen MR) is 80.6 cm³/mol. The molecule has 0 amide bonds. The molecular formula is C15H15FN2S. The normalized spacial score (nSPS) is 10.0. The number of hydrogen-bond acceptors (Lipinski definition) is 1. The lowest BCUT2D eigenvalue weighted by atomic mass is 10.1. The van der Waals surface area contributed by atoms with Crippen molar-refractivity contribution in [3.05, 3.63) is 65.5 Å². The first-order valence-corrected chi connectivity index (χ1v) is 6.40. The van der Waals surface area contributed by atoms with E-state index in [2.05, 4.69) is 29.7 Å². The van der Waals surface area contributed by atoms with Crippen LogP contribution in [0.5, 0.6) is 0 Å². The molecule has 0 saturated carbocycles. The molecule has 0 aromatic heterocycles. The number of halogens is 1. The van der Waals surface area contributed by atoms with Crippen LogP contribution < -0.4 is 10.6 Å². The van der Waals surface area contributed by atoms with Gasteiger partial charge in [-0.15, -0.1) is 0 Å². The van der Waals surface area contributed by atoms with Crippen LogP contribution in [0.1, 0.15) is 11.1 Å². The fourth-order valence-corrected chi connectivity index (χ4v) is 1.90. The van der Waals surface area contributed by atoms with E-state index < -0.39 is 0 Å². The van der Waals surface area contributed by atoms with Crippen molar-refractivity contribution in [2.45, 2.75) is 13.5 Å². The number of anilines is 1. The Bertz CT molecular complexity index is 567. The zero-order chi connectivity index (χ0) is 13.7. The SMILES string of the molecule is Cc1cccc(CNC(=S)Nc2ccc(F)cc2)c1. The number of benzene rings is 2. The van der Waals surface area contributed by atoms with Crippen LogP contribution in [0.2, 0.25) is 0 Å². The molecule has 0 spiro atoms. The van der Waals surface area contributed by atoms with Crippen LogP contribution in [0.4, 0.5) is 10.1 Å². The van der Waals surface area contributed by atoms with E-state index in [4.69, 9.17) is 12.2 Å². The summed E-state index contributed by atoms with van der Waals surface area (Å²) in [5.74, 6) is -0.260. The molecule has 2 rings (SSSR count). The van der Waals surface area contributed by atoms with Crippen LogP contribution in [0.15, 0.2) is 48.5 Å². The van der Waals surface area contributed by atoms with Crippen molar-refractivity contribution in [3.63, 3.8) is 0 Å². The van der Waals surface area contributed by atoms with E-state index in [0.717, 1.165) is 5.69 Å². The monoisotopic (exact) mass is 274 g/mol. The Balaban J connectivity index is 1.86. The first-order chi connectivity index (χ1) is 9.13. The highest BCUT2D eigenvalue weighted by Gasteiger charge is 1.99. The standard InChI is InChI=1S/C15H15FN2S/c1-11-3-2-4-12(9-11)10-17-15(19)18-14-7-5-13(16)6-8-14/h2-9H,10H2,1H3,(H2,17,18,19). The Morgan fingerprint density at radius 3 is 2.58 bits per heavy atom. The van der Waals surface area contributed by atoms with Gasteiger partial charge in [0.1, 0.15) is 5.82 Å². The quantitative estimate of drug-likeness (QED) is 0.836. The Kier molecular flexibility index (Phi) is 4.47. The molecule has 0 heterocycles. The zero-order valence-electron chi connectivity index (χ0n) is 10.6. The molecule has 0 aliphatic rings. The van der Waals surface area contributed by atoms with E-state index in [-0.39, 0.29) is 5.82 Å². The van der Waals surface area contributed by atoms with Gasteiger partial charge in [0.15, 0.2) is 5.11 Å². The number of hydrogen-bond donors (Lipinski definition) is 2. The van der Waals surface area contributed by atoms with Crippen molar-refractivity contribution in [1.82, 2.24) is 5.32 Å². The number of thiocarbonyl (C=S) groups is 1. The van der Waals surface area contributed by atoms with Gasteiger partial charge < -0.3 is 10.6 Å². The van der Waals surface area contributed by atoms with Crippen LogP contribution in [-0.4, -0.2) is 5.11 Å². The van der Waals surface area contributed by atoms with E-state index in [1.54, 1.807) is 12.1 Å². The molecule has 4 heteroatoms. The van der Waals surface area contributed by atoms with Gasteiger partial charge in [-0.05, 0) is 49.0 Å². The third kappa shape index (κ3) is 4.34. The summed E-state index contributed by atoms with van der Waals surface area (Å²) in [6.45, 7) is 2.72. The molecule has 98 valence electrons. The molecule has 0 fully saturated rings. The second kappa shape index (κ2) is 6.29. The highest BCUT2D eigenvalue weighted by molar-refractivity contribution is 7.80. The molecule has 2 N–H and O–H groups in total. The van der Waals surface area contributed by atoms with Gasteiger partial charge in [0.2, 0.25) is 0 Å². The fraction of sp³-hybridized carbons (Fsp3) is 0.133. The largest absolute Gasteiger partial charge is 0.358 e. The molecule has 0 aliphatic heterocycles. The number of nitrogens with one attached hydrogen (secondary N) is 2. The average molecular weight is 274 g/mol. The van der Waals surface area contributed by atoms with Gasteiger partial charge in [-0.2, -0.15) is 0 Å². The van der Waals surface area contributed by atoms with Crippen LogP contribution in [-0.2, 0) is 6.54 Å². The summed E-state index contributed by atoms with van der Waals surface area (Å²) in [5.41, 5.74) is 3.16. The second-order valence-corrected chi connectivity index (χ2v) is 4.71. The molecule has 2 nitrogen and oxygen atoms in total. The minimum absolute atomic E-state index is 0.260. The van der Waals surface area contributed by atoms with E-state index in [1.807, 2.05) is 12.1 Å². The van der Waals surface area contributed by atoms with Gasteiger partial charge in [-0.25, -0.2) is 4.39 Å². The van der Waals surface area contributed by atoms with Gasteiger partial charge in [-0.1, -0.05) is 29.8 Å². The van der Waals surface area contributed by atoms with Crippen molar-refractivity contribution in [3.8, 4) is 0 Å². The molecule has 0 unspecified atom stereocenters. The number of aryl methyl sites for hydroxylation is 1. The van der Waals surface area contributed by atoms with Crippen LogP contribution in [0, 0.1) is 12.7 Å². The molecule has 0 saturated heterocycles. The van der Waals surface area contributed by atoms with Crippen molar-refractivity contribution in [2.24, 2.45) is 0 Å². The van der Waals surface area contributed by atoms with Crippen molar-refractivity contribution in [2.75, 3.05) is 5.32 Å². The van der Waals surface area contributed by atoms with Gasteiger partial charge in [0, 0.05) is 12.2 Å². The predicted octanol–water partition coefficient (Wildman–Crippen LogP) is 3.62. The van der Waals surface area contributed by atoms with E-state index in [1.165, 1.54) is 23.3 Å². The molecule has 0 atom stereocenters. The lowest BCUT2D eigenvalue weighted by Gasteiger charge is -2.10. The molecule has 2 aromatic rings. The van der Waals surface area contributed by atoms with Crippen molar-refractivity contribution < 1.29 is 4.39 Å². The molecule has 0 radical (unpaired) electrons. The Hall–Kier alpha value is -1.94. The zero-order valence-corrected chi connectivity index (χ0v) is 11.4. The van der Waals surface area contributed by atoms with Crippen LogP contribution in [0.3, 0.4) is 0 Å². The Morgan fingerprint density at radius 1 is 1.16 bits per heavy atom. The van der Waals surface area contributed by atoms with Crippen molar-refractivity contribution >= 4 is 23.0 Å². The maximum Gasteiger partial charge on any atom is 0.171 e. The highest BCUT2D eigenvalue weighted by atomic mass is 32.1. The Morgan fingerprint density at radius 2 is 1.89 bits per heavy atom. The minimum atomic E-state index is -0.260. The minimum Gasteiger partial charge on any atom is -0.358 e. The molecule has 0 aliphatic carbocycles. The van der Waals surface area contributed by atoms with E-state index in [9.17, 15) is 4.39 Å². The average Bonchev–Trinajstić information content (AvgIpc) is 2.39. The molecular weight excluding hydrogens is 259 g/mol. The van der Waals surface area contributed by atoms with E-state index in [0.29, 0.717) is 11.7 Å². The molecule has 19 heavy (non-hydrogen) atoms. The van der Waals surface area contributed by atoms with Gasteiger partial charge in [-0.3, -0.25) is 0 Å². The second-order valence-electron chi connectivity index (χ2n) is 4.30. The molecule has 0 bridgehead atoms. The van der Waals surface area contributed by atoms with Gasteiger partial charge in [0.05, 0.1) is 0 Å². The smallest absolute Gasteiger partial charge is 0.171 e. The maximum absolute atomic E-state index is 12.8.